The lowest BCUT2D eigenvalue weighted by atomic mass is 9.72. The Labute approximate surface area is 93.4 Å². The second kappa shape index (κ2) is 4.11. The molecule has 0 amide bonds. The van der Waals surface area contributed by atoms with E-state index < -0.39 is 23.3 Å². The van der Waals surface area contributed by atoms with Gasteiger partial charge in [-0.1, -0.05) is 0 Å². The molecule has 0 bridgehead atoms. The summed E-state index contributed by atoms with van der Waals surface area (Å²) in [5, 5.41) is 0. The van der Waals surface area contributed by atoms with E-state index in [0.717, 1.165) is 37.5 Å². The summed E-state index contributed by atoms with van der Waals surface area (Å²) in [4.78, 5) is 0. The molecule has 0 saturated heterocycles. The fourth-order valence-corrected chi connectivity index (χ4v) is 2.20. The Morgan fingerprint density at radius 1 is 1.38 bits per heavy atom. The van der Waals surface area contributed by atoms with Crippen LogP contribution in [0.15, 0.2) is 18.2 Å². The van der Waals surface area contributed by atoms with Gasteiger partial charge in [-0.3, -0.25) is 0 Å². The van der Waals surface area contributed by atoms with Crippen molar-refractivity contribution in [2.75, 3.05) is 7.11 Å². The Balaban J connectivity index is 2.32. The van der Waals surface area contributed by atoms with E-state index in [1.54, 1.807) is 7.11 Å². The lowest BCUT2D eigenvalue weighted by molar-refractivity contribution is -0.0918. The Bertz CT molecular complexity index is 385. The summed E-state index contributed by atoms with van der Waals surface area (Å²) in [5.41, 5.74) is 5.66. The average molecular weight is 227 g/mol. The number of hydrogen-bond acceptors (Lipinski definition) is 2. The summed E-state index contributed by atoms with van der Waals surface area (Å²) in [6, 6.07) is 2.74. The second-order valence-corrected chi connectivity index (χ2v) is 4.27. The highest BCUT2D eigenvalue weighted by atomic mass is 19.1. The van der Waals surface area contributed by atoms with Gasteiger partial charge < -0.3 is 10.5 Å². The Morgan fingerprint density at radius 3 is 2.56 bits per heavy atom. The van der Waals surface area contributed by atoms with E-state index in [1.807, 2.05) is 0 Å². The molecule has 1 aliphatic carbocycles. The van der Waals surface area contributed by atoms with Gasteiger partial charge in [-0.25, -0.2) is 8.78 Å². The predicted octanol–water partition coefficient (Wildman–Crippen LogP) is 2.53. The Kier molecular flexibility index (Phi) is 2.95. The molecule has 1 aromatic rings. The van der Waals surface area contributed by atoms with Gasteiger partial charge in [0.15, 0.2) is 0 Å². The average Bonchev–Trinajstić information content (AvgIpc) is 2.21. The summed E-state index contributed by atoms with van der Waals surface area (Å²) >= 11 is 0. The molecule has 1 atom stereocenters. The molecule has 2 nitrogen and oxygen atoms in total. The number of benzene rings is 1. The summed E-state index contributed by atoms with van der Waals surface area (Å²) in [5.74, 6) is -0.949. The third-order valence-corrected chi connectivity index (χ3v) is 3.47. The number of rotatable bonds is 3. The maximum absolute atomic E-state index is 13.5. The number of ether oxygens (including phenoxy) is 1. The smallest absolute Gasteiger partial charge is 0.128 e. The fourth-order valence-electron chi connectivity index (χ4n) is 2.20. The molecule has 1 saturated carbocycles. The van der Waals surface area contributed by atoms with Gasteiger partial charge >= 0.3 is 0 Å². The van der Waals surface area contributed by atoms with Gasteiger partial charge in [0.1, 0.15) is 11.6 Å². The molecule has 0 aromatic heterocycles. The highest BCUT2D eigenvalue weighted by Gasteiger charge is 2.44. The number of halogens is 2. The normalized spacial score (nSPS) is 20.2. The molecule has 0 spiro atoms. The first-order chi connectivity index (χ1) is 7.59. The van der Waals surface area contributed by atoms with Crippen molar-refractivity contribution >= 4 is 0 Å². The first-order valence-electron chi connectivity index (χ1n) is 5.35. The standard InChI is InChI=1S/C12H15F2NO/c1-16-12(5-2-6-12)11(15)9-7-8(13)3-4-10(9)14/h3-4,7,11H,2,5-6,15H2,1H3. The molecule has 16 heavy (non-hydrogen) atoms. The molecule has 1 aromatic carbocycles. The summed E-state index contributed by atoms with van der Waals surface area (Å²) < 4.78 is 32.0. The highest BCUT2D eigenvalue weighted by molar-refractivity contribution is 5.26. The largest absolute Gasteiger partial charge is 0.376 e. The minimum absolute atomic E-state index is 0.196. The first-order valence-corrected chi connectivity index (χ1v) is 5.35. The van der Waals surface area contributed by atoms with E-state index in [2.05, 4.69) is 0 Å². The maximum Gasteiger partial charge on any atom is 0.128 e. The van der Waals surface area contributed by atoms with Crippen LogP contribution < -0.4 is 5.73 Å². The van der Waals surface area contributed by atoms with E-state index >= 15 is 0 Å². The summed E-state index contributed by atoms with van der Waals surface area (Å²) in [7, 11) is 1.57. The van der Waals surface area contributed by atoms with Crippen LogP contribution in [0.1, 0.15) is 30.9 Å². The molecule has 2 N–H and O–H groups in total. The molecule has 1 aliphatic rings. The van der Waals surface area contributed by atoms with Gasteiger partial charge in [-0.05, 0) is 37.5 Å². The number of methoxy groups -OCH3 is 1. The van der Waals surface area contributed by atoms with Crippen LogP contribution in [0.5, 0.6) is 0 Å². The van der Waals surface area contributed by atoms with Crippen LogP contribution in [-0.4, -0.2) is 12.7 Å². The van der Waals surface area contributed by atoms with Crippen molar-refractivity contribution in [1.29, 1.82) is 0 Å². The van der Waals surface area contributed by atoms with Crippen LogP contribution in [0.3, 0.4) is 0 Å². The topological polar surface area (TPSA) is 35.2 Å². The van der Waals surface area contributed by atoms with E-state index in [4.69, 9.17) is 10.5 Å². The molecule has 4 heteroatoms. The van der Waals surface area contributed by atoms with Gasteiger partial charge in [-0.15, -0.1) is 0 Å². The zero-order chi connectivity index (χ0) is 11.8. The molecular weight excluding hydrogens is 212 g/mol. The Hall–Kier alpha value is -1.00. The molecule has 1 unspecified atom stereocenters. The van der Waals surface area contributed by atoms with Crippen LogP contribution in [0.2, 0.25) is 0 Å². The lowest BCUT2D eigenvalue weighted by Gasteiger charge is -2.45. The summed E-state index contributed by atoms with van der Waals surface area (Å²) in [6.07, 6.45) is 2.60. The van der Waals surface area contributed by atoms with Crippen molar-refractivity contribution < 1.29 is 13.5 Å². The monoisotopic (exact) mass is 227 g/mol. The van der Waals surface area contributed by atoms with Crippen LogP contribution in [0, 0.1) is 11.6 Å². The molecule has 0 heterocycles. The third-order valence-electron chi connectivity index (χ3n) is 3.47. The zero-order valence-corrected chi connectivity index (χ0v) is 9.17. The molecular formula is C12H15F2NO. The van der Waals surface area contributed by atoms with Crippen LogP contribution in [0.25, 0.3) is 0 Å². The SMILES string of the molecule is COC1(C(N)c2cc(F)ccc2F)CCC1. The van der Waals surface area contributed by atoms with E-state index in [9.17, 15) is 8.78 Å². The molecule has 0 aliphatic heterocycles. The zero-order valence-electron chi connectivity index (χ0n) is 9.17. The number of hydrogen-bond donors (Lipinski definition) is 1. The highest BCUT2D eigenvalue weighted by Crippen LogP contribution is 2.44. The van der Waals surface area contributed by atoms with E-state index in [1.165, 1.54) is 0 Å². The molecule has 0 radical (unpaired) electrons. The quantitative estimate of drug-likeness (QED) is 0.861. The van der Waals surface area contributed by atoms with Gasteiger partial charge in [0.25, 0.3) is 0 Å². The minimum atomic E-state index is -0.609. The van der Waals surface area contributed by atoms with Crippen LogP contribution in [0.4, 0.5) is 8.78 Å². The van der Waals surface area contributed by atoms with Crippen molar-refractivity contribution in [3.8, 4) is 0 Å². The molecule has 1 fully saturated rings. The number of nitrogens with two attached hydrogens (primary N) is 1. The van der Waals surface area contributed by atoms with Crippen molar-refractivity contribution in [2.45, 2.75) is 30.9 Å². The fraction of sp³-hybridized carbons (Fsp3) is 0.500. The van der Waals surface area contributed by atoms with Crippen LogP contribution in [-0.2, 0) is 4.74 Å². The van der Waals surface area contributed by atoms with E-state index in [0.29, 0.717) is 0 Å². The second-order valence-electron chi connectivity index (χ2n) is 4.27. The molecule has 2 rings (SSSR count). The van der Waals surface area contributed by atoms with Crippen molar-refractivity contribution in [3.05, 3.63) is 35.4 Å². The lowest BCUT2D eigenvalue weighted by Crippen LogP contribution is -2.49. The van der Waals surface area contributed by atoms with Gasteiger partial charge in [0.2, 0.25) is 0 Å². The first kappa shape index (κ1) is 11.5. The van der Waals surface area contributed by atoms with Gasteiger partial charge in [0, 0.05) is 12.7 Å². The summed E-state index contributed by atoms with van der Waals surface area (Å²) in [6.45, 7) is 0. The predicted molar refractivity (Wildman–Crippen MR) is 56.9 cm³/mol. The molecule has 88 valence electrons. The third kappa shape index (κ3) is 1.72. The van der Waals surface area contributed by atoms with Crippen molar-refractivity contribution in [2.24, 2.45) is 5.73 Å². The van der Waals surface area contributed by atoms with Crippen molar-refractivity contribution in [3.63, 3.8) is 0 Å². The van der Waals surface area contributed by atoms with Gasteiger partial charge in [0.05, 0.1) is 11.6 Å². The van der Waals surface area contributed by atoms with Crippen molar-refractivity contribution in [1.82, 2.24) is 0 Å². The minimum Gasteiger partial charge on any atom is -0.376 e. The Morgan fingerprint density at radius 2 is 2.06 bits per heavy atom. The van der Waals surface area contributed by atoms with Gasteiger partial charge in [-0.2, -0.15) is 0 Å². The van der Waals surface area contributed by atoms with E-state index in [-0.39, 0.29) is 5.56 Å². The maximum atomic E-state index is 13.5. The van der Waals surface area contributed by atoms with Crippen LogP contribution >= 0.6 is 0 Å².